The lowest BCUT2D eigenvalue weighted by atomic mass is 10.2. The second-order valence-corrected chi connectivity index (χ2v) is 2.27. The Labute approximate surface area is 71.6 Å². The number of anilines is 1. The lowest BCUT2D eigenvalue weighted by Gasteiger charge is -2.02. The van der Waals surface area contributed by atoms with Crippen LogP contribution in [0.25, 0.3) is 0 Å². The summed E-state index contributed by atoms with van der Waals surface area (Å²) in [5.74, 6) is -0.404. The van der Waals surface area contributed by atoms with Crippen molar-refractivity contribution in [1.29, 1.82) is 5.26 Å². The van der Waals surface area contributed by atoms with Gasteiger partial charge in [0.15, 0.2) is 0 Å². The lowest BCUT2D eigenvalue weighted by Crippen LogP contribution is -2.16. The van der Waals surface area contributed by atoms with E-state index in [1.54, 1.807) is 0 Å². The molecule has 0 saturated heterocycles. The molecule has 0 fully saturated rings. The van der Waals surface area contributed by atoms with Crippen LogP contribution < -0.4 is 11.2 Å². The molecule has 0 aliphatic heterocycles. The van der Waals surface area contributed by atoms with Crippen molar-refractivity contribution in [1.82, 2.24) is 4.98 Å². The van der Waals surface area contributed by atoms with Gasteiger partial charge in [-0.25, -0.2) is 8.78 Å². The van der Waals surface area contributed by atoms with Crippen molar-refractivity contribution in [2.45, 2.75) is 6.43 Å². The number of H-pyrrole nitrogens is 1. The van der Waals surface area contributed by atoms with Gasteiger partial charge in [-0.2, -0.15) is 5.26 Å². The molecule has 4 nitrogen and oxygen atoms in total. The van der Waals surface area contributed by atoms with Crippen LogP contribution in [0.1, 0.15) is 17.6 Å². The molecular formula is C7H5F2N3O. The number of rotatable bonds is 1. The number of hydrogen-bond acceptors (Lipinski definition) is 3. The van der Waals surface area contributed by atoms with Gasteiger partial charge < -0.3 is 10.7 Å². The third kappa shape index (κ3) is 1.49. The van der Waals surface area contributed by atoms with E-state index in [1.165, 1.54) is 6.07 Å². The molecule has 6 heteroatoms. The van der Waals surface area contributed by atoms with E-state index in [2.05, 4.69) is 4.98 Å². The predicted molar refractivity (Wildman–Crippen MR) is 41.1 cm³/mol. The Kier molecular flexibility index (Phi) is 2.28. The molecule has 68 valence electrons. The molecule has 0 aliphatic carbocycles. The summed E-state index contributed by atoms with van der Waals surface area (Å²) >= 11 is 0. The summed E-state index contributed by atoms with van der Waals surface area (Å²) < 4.78 is 24.4. The highest BCUT2D eigenvalue weighted by Gasteiger charge is 2.18. The Morgan fingerprint density at radius 3 is 2.69 bits per heavy atom. The van der Waals surface area contributed by atoms with Crippen LogP contribution in [-0.4, -0.2) is 4.98 Å². The topological polar surface area (TPSA) is 82.7 Å². The Morgan fingerprint density at radius 1 is 1.62 bits per heavy atom. The minimum absolute atomic E-state index is 0.371. The molecule has 3 N–H and O–H groups in total. The van der Waals surface area contributed by atoms with Gasteiger partial charge in [0.1, 0.15) is 23.0 Å². The van der Waals surface area contributed by atoms with Crippen molar-refractivity contribution >= 4 is 5.82 Å². The maximum Gasteiger partial charge on any atom is 0.271 e. The highest BCUT2D eigenvalue weighted by molar-refractivity contribution is 5.44. The Balaban J connectivity index is 3.51. The fourth-order valence-electron chi connectivity index (χ4n) is 0.860. The normalized spacial score (nSPS) is 10.0. The molecule has 1 aromatic rings. The van der Waals surface area contributed by atoms with Gasteiger partial charge in [0.05, 0.1) is 0 Å². The first-order valence-electron chi connectivity index (χ1n) is 3.27. The molecule has 0 atom stereocenters. The van der Waals surface area contributed by atoms with E-state index < -0.39 is 23.2 Å². The number of alkyl halides is 2. The van der Waals surface area contributed by atoms with E-state index in [0.717, 1.165) is 6.20 Å². The number of nitrogens with one attached hydrogen (secondary N) is 1. The van der Waals surface area contributed by atoms with Crippen molar-refractivity contribution < 1.29 is 8.78 Å². The number of nitriles is 1. The average Bonchev–Trinajstić information content (AvgIpc) is 2.04. The Bertz CT molecular complexity index is 419. The van der Waals surface area contributed by atoms with Gasteiger partial charge in [0, 0.05) is 6.20 Å². The second-order valence-electron chi connectivity index (χ2n) is 2.27. The number of hydrogen-bond donors (Lipinski definition) is 2. The van der Waals surface area contributed by atoms with Crippen LogP contribution in [0, 0.1) is 11.3 Å². The van der Waals surface area contributed by atoms with Gasteiger partial charge in [-0.3, -0.25) is 4.79 Å². The van der Waals surface area contributed by atoms with Crippen LogP contribution in [0.5, 0.6) is 0 Å². The number of aromatic amines is 1. The standard InChI is InChI=1S/C7H5F2N3O/c8-6(9)4-5(13)3(1-10)2-12-7(4)11/h2,6H,(H3,11,12,13). The van der Waals surface area contributed by atoms with Gasteiger partial charge in [0.2, 0.25) is 5.43 Å². The molecule has 0 aliphatic rings. The monoisotopic (exact) mass is 185 g/mol. The van der Waals surface area contributed by atoms with Crippen LogP contribution in [-0.2, 0) is 0 Å². The zero-order valence-corrected chi connectivity index (χ0v) is 6.34. The number of halogens is 2. The number of aromatic nitrogens is 1. The maximum absolute atomic E-state index is 12.2. The maximum atomic E-state index is 12.2. The predicted octanol–water partition coefficient (Wildman–Crippen LogP) is 0.766. The Morgan fingerprint density at radius 2 is 2.23 bits per heavy atom. The van der Waals surface area contributed by atoms with Crippen LogP contribution in [0.4, 0.5) is 14.6 Å². The first-order valence-corrected chi connectivity index (χ1v) is 3.27. The number of nitrogens with two attached hydrogens (primary N) is 1. The fourth-order valence-corrected chi connectivity index (χ4v) is 0.860. The molecule has 0 radical (unpaired) electrons. The van der Waals surface area contributed by atoms with E-state index in [1.807, 2.05) is 0 Å². The SMILES string of the molecule is N#Cc1c[nH]c(N)c(C(F)F)c1=O. The molecular weight excluding hydrogens is 180 g/mol. The van der Waals surface area contributed by atoms with Crippen LogP contribution in [0.15, 0.2) is 11.0 Å². The van der Waals surface area contributed by atoms with E-state index >= 15 is 0 Å². The van der Waals surface area contributed by atoms with E-state index in [4.69, 9.17) is 11.0 Å². The second kappa shape index (κ2) is 3.23. The van der Waals surface area contributed by atoms with Gasteiger partial charge in [-0.05, 0) is 0 Å². The lowest BCUT2D eigenvalue weighted by molar-refractivity contribution is 0.150. The molecule has 13 heavy (non-hydrogen) atoms. The zero-order valence-electron chi connectivity index (χ0n) is 6.34. The molecule has 0 bridgehead atoms. The van der Waals surface area contributed by atoms with Crippen LogP contribution >= 0.6 is 0 Å². The molecule has 1 heterocycles. The number of nitrogens with zero attached hydrogens (tertiary/aromatic N) is 1. The molecule has 1 rings (SSSR count). The van der Waals surface area contributed by atoms with Crippen LogP contribution in [0.3, 0.4) is 0 Å². The molecule has 0 amide bonds. The van der Waals surface area contributed by atoms with Gasteiger partial charge in [0.25, 0.3) is 6.43 Å². The number of pyridine rings is 1. The van der Waals surface area contributed by atoms with Crippen LogP contribution in [0.2, 0.25) is 0 Å². The first-order chi connectivity index (χ1) is 6.07. The molecule has 1 aromatic heterocycles. The van der Waals surface area contributed by atoms with E-state index in [-0.39, 0.29) is 5.56 Å². The number of nitrogen functional groups attached to an aromatic ring is 1. The quantitative estimate of drug-likeness (QED) is 0.677. The van der Waals surface area contributed by atoms with Gasteiger partial charge in [-0.15, -0.1) is 0 Å². The van der Waals surface area contributed by atoms with Crippen molar-refractivity contribution in [2.75, 3.05) is 5.73 Å². The third-order valence-corrected chi connectivity index (χ3v) is 1.49. The first kappa shape index (κ1) is 9.19. The van der Waals surface area contributed by atoms with E-state index in [9.17, 15) is 13.6 Å². The van der Waals surface area contributed by atoms with Crippen molar-refractivity contribution in [3.05, 3.63) is 27.5 Å². The van der Waals surface area contributed by atoms with Gasteiger partial charge in [-0.1, -0.05) is 0 Å². The van der Waals surface area contributed by atoms with Crippen molar-refractivity contribution in [2.24, 2.45) is 0 Å². The minimum atomic E-state index is -2.97. The molecule has 0 unspecified atom stereocenters. The summed E-state index contributed by atoms with van der Waals surface area (Å²) in [7, 11) is 0. The average molecular weight is 185 g/mol. The highest BCUT2D eigenvalue weighted by atomic mass is 19.3. The minimum Gasteiger partial charge on any atom is -0.385 e. The smallest absolute Gasteiger partial charge is 0.271 e. The summed E-state index contributed by atoms with van der Waals surface area (Å²) in [5.41, 5.74) is 2.86. The van der Waals surface area contributed by atoms with Crippen molar-refractivity contribution in [3.63, 3.8) is 0 Å². The third-order valence-electron chi connectivity index (χ3n) is 1.49. The molecule has 0 saturated carbocycles. The molecule has 0 aromatic carbocycles. The largest absolute Gasteiger partial charge is 0.385 e. The fraction of sp³-hybridized carbons (Fsp3) is 0.143. The summed E-state index contributed by atoms with van der Waals surface area (Å²) in [6.07, 6.45) is -1.97. The van der Waals surface area contributed by atoms with Crippen molar-refractivity contribution in [3.8, 4) is 6.07 Å². The summed E-state index contributed by atoms with van der Waals surface area (Å²) in [4.78, 5) is 13.3. The highest BCUT2D eigenvalue weighted by Crippen LogP contribution is 2.19. The Hall–Kier alpha value is -1.90. The molecule has 0 spiro atoms. The summed E-state index contributed by atoms with van der Waals surface area (Å²) in [6, 6.07) is 1.49. The summed E-state index contributed by atoms with van der Waals surface area (Å²) in [6.45, 7) is 0. The van der Waals surface area contributed by atoms with Gasteiger partial charge >= 0.3 is 0 Å². The zero-order chi connectivity index (χ0) is 10.0. The van der Waals surface area contributed by atoms with E-state index in [0.29, 0.717) is 0 Å². The summed E-state index contributed by atoms with van der Waals surface area (Å²) in [5, 5.41) is 8.36.